The summed E-state index contributed by atoms with van der Waals surface area (Å²) in [7, 11) is 1.52. The van der Waals surface area contributed by atoms with Gasteiger partial charge in [-0.2, -0.15) is 0 Å². The van der Waals surface area contributed by atoms with Crippen LogP contribution in [0.25, 0.3) is 0 Å². The molecule has 47 heavy (non-hydrogen) atoms. The largest absolute Gasteiger partial charge is 0.508 e. The maximum Gasteiger partial charge on any atom is 0.306 e. The van der Waals surface area contributed by atoms with Crippen molar-refractivity contribution in [2.45, 2.75) is 58.1 Å². The Bertz CT molecular complexity index is 1320. The van der Waals surface area contributed by atoms with Gasteiger partial charge in [-0.25, -0.2) is 0 Å². The molecule has 256 valence electrons. The van der Waals surface area contributed by atoms with E-state index in [0.29, 0.717) is 18.8 Å². The molecule has 0 aliphatic carbocycles. The van der Waals surface area contributed by atoms with Crippen LogP contribution in [-0.4, -0.2) is 85.0 Å². The monoisotopic (exact) mass is 656 g/mol. The Balaban J connectivity index is 2.18. The van der Waals surface area contributed by atoms with Crippen LogP contribution in [0.3, 0.4) is 0 Å². The van der Waals surface area contributed by atoms with Crippen molar-refractivity contribution in [2.24, 2.45) is 11.8 Å². The van der Waals surface area contributed by atoms with Gasteiger partial charge in [-0.1, -0.05) is 42.5 Å². The standard InChI is InChI=1S/C34H44N2O11/c1-23(37)18-26(19-24-8-10-28(38)11-9-24)34(44)36-29(12-13-32(42)47-22-25-6-4-3-5-7-25)30(39)20-27(21-31(40)41)33(43)35-14-15-46-17-16-45-2/h3-11,26-27,29,38H,12-22H2,1-2H3,(H,35,43)(H,36,44)(H,40,41)/t26-,27-,29+/m0/s1. The molecule has 0 heterocycles. The average Bonchev–Trinajstić information content (AvgIpc) is 3.03. The topological polar surface area (TPSA) is 195 Å². The number of benzene rings is 2. The number of ether oxygens (including phenoxy) is 3. The van der Waals surface area contributed by atoms with Gasteiger partial charge in [0.05, 0.1) is 38.2 Å². The van der Waals surface area contributed by atoms with Crippen LogP contribution in [0.15, 0.2) is 54.6 Å². The SMILES string of the molecule is COCCOCCNC(=O)[C@H](CC(=O)O)CC(=O)[C@@H](CCC(=O)OCc1ccccc1)NC(=O)[C@@H](CC(C)=O)Cc1ccc(O)cc1. The van der Waals surface area contributed by atoms with Gasteiger partial charge in [0.25, 0.3) is 0 Å². The highest BCUT2D eigenvalue weighted by Gasteiger charge is 2.31. The minimum atomic E-state index is -1.30. The van der Waals surface area contributed by atoms with Crippen molar-refractivity contribution >= 4 is 35.3 Å². The summed E-state index contributed by atoms with van der Waals surface area (Å²) in [5.41, 5.74) is 1.43. The molecule has 2 aromatic rings. The smallest absolute Gasteiger partial charge is 0.306 e. The number of nitrogens with one attached hydrogen (secondary N) is 2. The Labute approximate surface area is 274 Å². The summed E-state index contributed by atoms with van der Waals surface area (Å²) in [6.45, 7) is 2.22. The summed E-state index contributed by atoms with van der Waals surface area (Å²) in [5, 5.41) is 24.2. The normalized spacial score (nSPS) is 12.7. The molecule has 2 aromatic carbocycles. The molecule has 13 nitrogen and oxygen atoms in total. The molecule has 2 rings (SSSR count). The second-order valence-electron chi connectivity index (χ2n) is 11.1. The van der Waals surface area contributed by atoms with E-state index in [-0.39, 0.29) is 57.0 Å². The highest BCUT2D eigenvalue weighted by molar-refractivity contribution is 5.95. The number of aromatic hydroxyl groups is 1. The highest BCUT2D eigenvalue weighted by atomic mass is 16.5. The van der Waals surface area contributed by atoms with Crippen LogP contribution in [0.2, 0.25) is 0 Å². The zero-order valence-corrected chi connectivity index (χ0v) is 26.8. The lowest BCUT2D eigenvalue weighted by atomic mass is 9.90. The van der Waals surface area contributed by atoms with Gasteiger partial charge < -0.3 is 39.9 Å². The number of carboxylic acids is 1. The maximum absolute atomic E-state index is 13.6. The van der Waals surface area contributed by atoms with E-state index in [4.69, 9.17) is 14.2 Å². The van der Waals surface area contributed by atoms with E-state index >= 15 is 0 Å². The van der Waals surface area contributed by atoms with Crippen LogP contribution in [0, 0.1) is 11.8 Å². The van der Waals surface area contributed by atoms with E-state index in [0.717, 1.165) is 5.56 Å². The fourth-order valence-electron chi connectivity index (χ4n) is 4.69. The molecule has 0 saturated carbocycles. The minimum Gasteiger partial charge on any atom is -0.508 e. The Morgan fingerprint density at radius 2 is 1.51 bits per heavy atom. The van der Waals surface area contributed by atoms with E-state index in [2.05, 4.69) is 10.6 Å². The number of rotatable bonds is 23. The highest BCUT2D eigenvalue weighted by Crippen LogP contribution is 2.19. The van der Waals surface area contributed by atoms with Gasteiger partial charge in [-0.05, 0) is 43.0 Å². The number of phenolic OH excluding ortho intramolecular Hbond substituents is 1. The molecule has 0 bridgehead atoms. The third-order valence-corrected chi connectivity index (χ3v) is 7.12. The fraction of sp³-hybridized carbons (Fsp3) is 0.471. The Hall–Kier alpha value is -4.62. The van der Waals surface area contributed by atoms with Gasteiger partial charge in [0.2, 0.25) is 11.8 Å². The van der Waals surface area contributed by atoms with Gasteiger partial charge in [0.15, 0.2) is 5.78 Å². The van der Waals surface area contributed by atoms with Crippen molar-refractivity contribution in [2.75, 3.05) is 33.5 Å². The molecule has 3 atom stereocenters. The van der Waals surface area contributed by atoms with Crippen LogP contribution < -0.4 is 10.6 Å². The second kappa shape index (κ2) is 21.2. The summed E-state index contributed by atoms with van der Waals surface area (Å²) < 4.78 is 15.5. The van der Waals surface area contributed by atoms with Crippen LogP contribution in [-0.2, 0) is 56.0 Å². The van der Waals surface area contributed by atoms with Crippen molar-refractivity contribution in [1.82, 2.24) is 10.6 Å². The number of amides is 2. The van der Waals surface area contributed by atoms with Gasteiger partial charge in [0, 0.05) is 38.8 Å². The van der Waals surface area contributed by atoms with Crippen molar-refractivity contribution in [3.05, 3.63) is 65.7 Å². The van der Waals surface area contributed by atoms with Crippen molar-refractivity contribution < 1.29 is 53.2 Å². The van der Waals surface area contributed by atoms with Crippen molar-refractivity contribution in [1.29, 1.82) is 0 Å². The summed E-state index contributed by atoms with van der Waals surface area (Å²) in [4.78, 5) is 76.2. The summed E-state index contributed by atoms with van der Waals surface area (Å²) >= 11 is 0. The first-order valence-electron chi connectivity index (χ1n) is 15.3. The second-order valence-corrected chi connectivity index (χ2v) is 11.1. The molecule has 0 fully saturated rings. The zero-order chi connectivity index (χ0) is 34.6. The number of carboxylic acid groups (broad SMARTS) is 1. The molecular weight excluding hydrogens is 612 g/mol. The van der Waals surface area contributed by atoms with E-state index in [1.54, 1.807) is 36.4 Å². The number of aliphatic carboxylic acids is 1. The predicted octanol–water partition coefficient (Wildman–Crippen LogP) is 2.37. The van der Waals surface area contributed by atoms with E-state index in [1.165, 1.54) is 26.2 Å². The van der Waals surface area contributed by atoms with Crippen molar-refractivity contribution in [3.8, 4) is 5.75 Å². The van der Waals surface area contributed by atoms with Gasteiger partial charge in [-0.3, -0.25) is 24.0 Å². The molecule has 0 unspecified atom stereocenters. The molecule has 0 aliphatic rings. The first-order chi connectivity index (χ1) is 22.5. The molecular formula is C34H44N2O11. The number of phenols is 1. The molecule has 0 radical (unpaired) electrons. The van der Waals surface area contributed by atoms with Crippen LogP contribution in [0.4, 0.5) is 0 Å². The predicted molar refractivity (Wildman–Crippen MR) is 169 cm³/mol. The van der Waals surface area contributed by atoms with Crippen molar-refractivity contribution in [3.63, 3.8) is 0 Å². The van der Waals surface area contributed by atoms with Crippen LogP contribution in [0.5, 0.6) is 5.75 Å². The average molecular weight is 657 g/mol. The van der Waals surface area contributed by atoms with Gasteiger partial charge in [-0.15, -0.1) is 0 Å². The molecule has 0 aliphatic heterocycles. The molecule has 13 heteroatoms. The van der Waals surface area contributed by atoms with Gasteiger partial charge in [0.1, 0.15) is 18.1 Å². The molecule has 4 N–H and O–H groups in total. The number of methoxy groups -OCH3 is 1. The van der Waals surface area contributed by atoms with Crippen LogP contribution >= 0.6 is 0 Å². The number of carbonyl (C=O) groups excluding carboxylic acids is 5. The molecule has 0 spiro atoms. The number of carbonyl (C=O) groups is 6. The number of hydrogen-bond acceptors (Lipinski definition) is 10. The molecule has 2 amide bonds. The Morgan fingerprint density at radius 3 is 2.15 bits per heavy atom. The summed E-state index contributed by atoms with van der Waals surface area (Å²) in [6, 6.07) is 13.8. The molecule has 0 aromatic heterocycles. The number of ketones is 2. The number of hydrogen-bond donors (Lipinski definition) is 4. The lowest BCUT2D eigenvalue weighted by Crippen LogP contribution is -2.46. The van der Waals surface area contributed by atoms with E-state index < -0.39 is 60.3 Å². The summed E-state index contributed by atoms with van der Waals surface area (Å²) in [6.07, 6.45) is -1.62. The lowest BCUT2D eigenvalue weighted by Gasteiger charge is -2.23. The van der Waals surface area contributed by atoms with Crippen LogP contribution in [0.1, 0.15) is 50.2 Å². The number of esters is 1. The molecule has 0 saturated heterocycles. The van der Waals surface area contributed by atoms with E-state index in [1.807, 2.05) is 6.07 Å². The Kier molecular flexibility index (Phi) is 17.4. The lowest BCUT2D eigenvalue weighted by molar-refractivity contribution is -0.145. The minimum absolute atomic E-state index is 0.00794. The van der Waals surface area contributed by atoms with Gasteiger partial charge >= 0.3 is 11.9 Å². The van der Waals surface area contributed by atoms with E-state index in [9.17, 15) is 39.0 Å². The third kappa shape index (κ3) is 16.0. The third-order valence-electron chi connectivity index (χ3n) is 7.12. The first-order valence-corrected chi connectivity index (χ1v) is 15.3. The summed E-state index contributed by atoms with van der Waals surface area (Å²) in [5.74, 6) is -6.25. The Morgan fingerprint density at radius 1 is 0.809 bits per heavy atom. The first kappa shape index (κ1) is 38.6. The number of Topliss-reactive ketones (excluding diaryl/α,β-unsaturated/α-hetero) is 2. The maximum atomic E-state index is 13.6. The zero-order valence-electron chi connectivity index (χ0n) is 26.8. The quantitative estimate of drug-likeness (QED) is 0.101. The fourth-order valence-corrected chi connectivity index (χ4v) is 4.69.